The number of nitrogens with zero attached hydrogens (tertiary/aromatic N) is 4. The van der Waals surface area contributed by atoms with Crippen LogP contribution in [-0.2, 0) is 83.3 Å². The first kappa shape index (κ1) is 89.0. The maximum absolute atomic E-state index is 10.6. The van der Waals surface area contributed by atoms with E-state index in [1.165, 1.54) is 40.1 Å². The van der Waals surface area contributed by atoms with Gasteiger partial charge < -0.3 is 124 Å². The first-order valence-corrected chi connectivity index (χ1v) is 39.2. The van der Waals surface area contributed by atoms with Crippen LogP contribution in [0.25, 0.3) is 81.8 Å². The molecular formula is C91H72N9O20S2-9. The topological polar surface area (TPSA) is 524 Å². The van der Waals surface area contributed by atoms with Crippen molar-refractivity contribution in [1.29, 1.82) is 0 Å². The number of fused-ring (bicyclic) bond motifs is 9. The number of nitrogens with one attached hydrogen (secondary N) is 5. The van der Waals surface area contributed by atoms with Crippen molar-refractivity contribution in [2.24, 2.45) is 9.98 Å². The molecule has 0 fully saturated rings. The molecular weight excluding hydrogens is 1600 g/mol. The van der Waals surface area contributed by atoms with Gasteiger partial charge >= 0.3 is 0 Å². The molecule has 0 spiro atoms. The van der Waals surface area contributed by atoms with Crippen molar-refractivity contribution < 1.29 is 98.7 Å². The van der Waals surface area contributed by atoms with Crippen LogP contribution in [0.4, 0.5) is 11.4 Å². The van der Waals surface area contributed by atoms with Crippen LogP contribution in [0, 0.1) is 0 Å². The Kier molecular flexibility index (Phi) is 32.3. The zero-order valence-electron chi connectivity index (χ0n) is 64.5. The number of carboxylic acids is 9. The number of aromatic nitrogens is 7. The van der Waals surface area contributed by atoms with E-state index in [0.29, 0.717) is 37.0 Å². The van der Waals surface area contributed by atoms with E-state index in [0.717, 1.165) is 126 Å². The number of aliphatic hydroxyl groups is 1. The van der Waals surface area contributed by atoms with Gasteiger partial charge in [-0.05, 0) is 144 Å². The largest absolute Gasteiger partial charge is 0.550 e. The van der Waals surface area contributed by atoms with Gasteiger partial charge in [0.15, 0.2) is 9.92 Å². The Hall–Kier alpha value is -15.3. The van der Waals surface area contributed by atoms with E-state index < -0.39 is 59.8 Å². The Morgan fingerprint density at radius 3 is 1.54 bits per heavy atom. The Balaban J connectivity index is 0.000000144. The van der Waals surface area contributed by atoms with Crippen molar-refractivity contribution in [2.75, 3.05) is 5.75 Å². The third-order valence-corrected chi connectivity index (χ3v) is 20.4. The van der Waals surface area contributed by atoms with Gasteiger partial charge in [-0.3, -0.25) is 9.98 Å². The number of aliphatic imine (C=N–C) groups is 2. The number of thioether (sulfide) groups is 1. The number of aromatic amines is 5. The highest BCUT2D eigenvalue weighted by Gasteiger charge is 2.16. The molecule has 0 saturated heterocycles. The van der Waals surface area contributed by atoms with Crippen LogP contribution >= 0.6 is 23.1 Å². The van der Waals surface area contributed by atoms with Gasteiger partial charge in [-0.25, -0.2) is 4.98 Å². The first-order valence-electron chi connectivity index (χ1n) is 37.4. The molecule has 16 aromatic rings. The van der Waals surface area contributed by atoms with Crippen LogP contribution < -0.4 is 46.0 Å². The number of aromatic carboxylic acids is 1. The van der Waals surface area contributed by atoms with Crippen LogP contribution in [-0.4, -0.2) is 118 Å². The van der Waals surface area contributed by atoms with Crippen LogP contribution in [0.1, 0.15) is 74.3 Å². The Morgan fingerprint density at radius 1 is 0.484 bits per heavy atom. The van der Waals surface area contributed by atoms with Crippen molar-refractivity contribution in [3.8, 4) is 0 Å². The van der Waals surface area contributed by atoms with Gasteiger partial charge in [0.05, 0.1) is 68.9 Å². The van der Waals surface area contributed by atoms with E-state index >= 15 is 0 Å². The summed E-state index contributed by atoms with van der Waals surface area (Å²) < 4.78 is 6.76. The Labute approximate surface area is 701 Å². The molecule has 2 aliphatic heterocycles. The van der Waals surface area contributed by atoms with Crippen molar-refractivity contribution in [3.05, 3.63) is 300 Å². The van der Waals surface area contributed by atoms with Crippen molar-refractivity contribution in [2.45, 2.75) is 74.7 Å². The highest BCUT2D eigenvalue weighted by atomic mass is 32.2. The molecule has 18 rings (SSSR count). The minimum absolute atomic E-state index is 0.0377. The molecule has 0 bridgehead atoms. The number of aliphatic carboxylic acids is 8. The van der Waals surface area contributed by atoms with Crippen molar-refractivity contribution in [1.82, 2.24) is 35.1 Å². The second-order valence-electron chi connectivity index (χ2n) is 26.6. The van der Waals surface area contributed by atoms with Crippen LogP contribution in [0.5, 0.6) is 0 Å². The maximum atomic E-state index is 10.6. The van der Waals surface area contributed by atoms with Gasteiger partial charge in [0.1, 0.15) is 0 Å². The SMILES string of the molecule is O=C([O-])/C=C/c1c[nH]c2ccccc12.O=C([O-])C(O)Cc1c[nH]c2ccccc12.O=C([O-])C1=Nc2ccccc2C1.O=C([O-])CCCc1c[nH]c2ccccc12.O=C([O-])CCc1c[nH]c2ccccc12.O=C([O-])CSc1nc2ccccc2s1.O=C([O-])Cc1c[nH]c2ccccc12.O=C([O-])Cc1noc2ccccc12.O=C([O-])c1cccc2c1CC=N2. The number of carbonyl (C=O) groups excluding carboxylic acids is 9. The third-order valence-electron chi connectivity index (χ3n) is 18.3. The number of thiazole rings is 1. The van der Waals surface area contributed by atoms with Gasteiger partial charge in [0.2, 0.25) is 0 Å². The number of hydrogen-bond acceptors (Lipinski definition) is 26. The summed E-state index contributed by atoms with van der Waals surface area (Å²) in [6, 6.07) is 65.9. The molecule has 0 amide bonds. The Morgan fingerprint density at radius 2 is 0.984 bits per heavy atom. The smallest absolute Gasteiger partial charge is 0.167 e. The summed E-state index contributed by atoms with van der Waals surface area (Å²) in [6.07, 6.45) is 14.7. The van der Waals surface area contributed by atoms with Gasteiger partial charge in [0, 0.05) is 164 Å². The number of aliphatic hydroxyl groups excluding tert-OH is 1. The lowest BCUT2D eigenvalue weighted by molar-refractivity contribution is -0.315. The molecule has 0 radical (unpaired) electrons. The normalized spacial score (nSPS) is 11.5. The van der Waals surface area contributed by atoms with Crippen LogP contribution in [0.3, 0.4) is 0 Å². The molecule has 1 unspecified atom stereocenters. The summed E-state index contributed by atoms with van der Waals surface area (Å²) >= 11 is 2.70. The van der Waals surface area contributed by atoms with Crippen LogP contribution in [0.15, 0.2) is 268 Å². The average Bonchev–Trinajstić information content (AvgIpc) is 1.67. The molecule has 2 aliphatic rings. The predicted molar refractivity (Wildman–Crippen MR) is 443 cm³/mol. The highest BCUT2D eigenvalue weighted by Crippen LogP contribution is 2.31. The van der Waals surface area contributed by atoms with Crippen molar-refractivity contribution in [3.63, 3.8) is 0 Å². The number of carboxylic acid groups (broad SMARTS) is 9. The fourth-order valence-electron chi connectivity index (χ4n) is 12.6. The Bertz CT molecular complexity index is 6330. The van der Waals surface area contributed by atoms with Gasteiger partial charge in [-0.2, -0.15) is 0 Å². The minimum Gasteiger partial charge on any atom is -0.550 e. The highest BCUT2D eigenvalue weighted by molar-refractivity contribution is 8.01. The van der Waals surface area contributed by atoms with Gasteiger partial charge in [-0.1, -0.05) is 169 Å². The summed E-state index contributed by atoms with van der Waals surface area (Å²) in [4.78, 5) is 121. The summed E-state index contributed by atoms with van der Waals surface area (Å²) in [5, 5.41) is 112. The monoisotopic (exact) mass is 1670 g/mol. The lowest BCUT2D eigenvalue weighted by Gasteiger charge is -2.10. The summed E-state index contributed by atoms with van der Waals surface area (Å²) in [5.74, 6) is -10.2. The fourth-order valence-corrected chi connectivity index (χ4v) is 14.4. The van der Waals surface area contributed by atoms with Gasteiger partial charge in [0.25, 0.3) is 0 Å². The van der Waals surface area contributed by atoms with E-state index in [-0.39, 0.29) is 49.1 Å². The van der Waals surface area contributed by atoms with Crippen molar-refractivity contribution >= 4 is 182 Å². The number of benzene rings is 9. The molecule has 122 heavy (non-hydrogen) atoms. The summed E-state index contributed by atoms with van der Waals surface area (Å²) in [7, 11) is 0. The molecule has 622 valence electrons. The van der Waals surface area contributed by atoms with Gasteiger partial charge in [-0.15, -0.1) is 11.3 Å². The molecule has 0 saturated carbocycles. The summed E-state index contributed by atoms with van der Waals surface area (Å²) in [5.41, 5.74) is 15.1. The average molecular weight is 1680 g/mol. The van der Waals surface area contributed by atoms with E-state index in [9.17, 15) is 94.2 Å². The number of rotatable bonds is 21. The quantitative estimate of drug-likeness (QED) is 0.0410. The molecule has 31 heteroatoms. The van der Waals surface area contributed by atoms with E-state index in [1.54, 1.807) is 73.3 Å². The number of H-pyrrole nitrogens is 5. The lowest BCUT2D eigenvalue weighted by Crippen LogP contribution is -2.36. The molecule has 7 aromatic heterocycles. The third kappa shape index (κ3) is 26.1. The second kappa shape index (κ2) is 44.3. The number of carbonyl (C=O) groups is 9. The lowest BCUT2D eigenvalue weighted by atomic mass is 10.1. The molecule has 9 heterocycles. The minimum atomic E-state index is -1.45. The van der Waals surface area contributed by atoms with Crippen LogP contribution in [0.2, 0.25) is 0 Å². The zero-order chi connectivity index (χ0) is 87.0. The fraction of sp³-hybridized carbons (Fsp3) is 0.132. The number of hydrogen-bond donors (Lipinski definition) is 6. The number of para-hydroxylation sites is 8. The molecule has 6 N–H and O–H groups in total. The predicted octanol–water partition coefficient (Wildman–Crippen LogP) is 4.94. The molecule has 9 aromatic carbocycles. The second-order valence-corrected chi connectivity index (χ2v) is 28.9. The van der Waals surface area contributed by atoms with E-state index in [1.807, 2.05) is 176 Å². The van der Waals surface area contributed by atoms with E-state index in [2.05, 4.69) is 45.0 Å². The standard InChI is InChI=1S/C12H13NO2.C11H11NO3.C11H11NO2.C11H9NO2.C10H9NO2.C9H7NO3.C9H7NO2S2.2C9H7NO2/c14-12(15)7-3-4-9-8-13-11-6-2-1-5-10(9)11;13-10(11(14)15)5-7-6-12-9-4-2-1-3-8(7)9;2*13-11(14)6-5-8-7-12-10-4-2-1-3-9(8)10;12-10(13)5-7-6-11-9-4-2-1-3-8(7)9;11-9(12)5-7-6-3-1-2-4-8(6)13-10-7;11-8(12)5-13-9-10-6-3-1-2-4-7(6)14-9;11-9(12)7-2-1-3-8-6(7)4-5-10-8;11-9(12)8-5-6-3-1-2-4-7(6)10-8/h1-2,5-6,8,13H,3-4,7H2,(H,14,15);1-4,6,10,12-13H,5H2,(H,14,15);1-4,7,12H,5-6H2,(H,13,14);1-7,12H,(H,13,14);1-4,6,11H,5H2,(H,12,13);1-4H,5H2,(H,11,12);1-4H,5H2,(H,11,12);1-3,5H,4H2,(H,11,12);1-4H,5H2,(H,11,12)/p-9/b;;;6-5+;;;;;. The zero-order valence-corrected chi connectivity index (χ0v) is 66.1. The molecule has 0 aliphatic carbocycles. The van der Waals surface area contributed by atoms with E-state index in [4.69, 9.17) is 4.52 Å². The summed E-state index contributed by atoms with van der Waals surface area (Å²) in [6.45, 7) is 0. The number of aryl methyl sites for hydroxylation is 2. The molecule has 1 atom stereocenters. The first-order chi connectivity index (χ1) is 58.8. The molecule has 29 nitrogen and oxygen atoms in total. The maximum Gasteiger partial charge on any atom is 0.167 e.